The first-order valence-corrected chi connectivity index (χ1v) is 10.0. The molecule has 8 nitrogen and oxygen atoms in total. The van der Waals surface area contributed by atoms with Gasteiger partial charge < -0.3 is 14.4 Å². The van der Waals surface area contributed by atoms with E-state index in [-0.39, 0.29) is 17.4 Å². The van der Waals surface area contributed by atoms with Crippen molar-refractivity contribution in [3.8, 4) is 11.5 Å². The zero-order valence-electron chi connectivity index (χ0n) is 16.0. The Morgan fingerprint density at radius 3 is 2.46 bits per heavy atom. The van der Waals surface area contributed by atoms with Crippen LogP contribution < -0.4 is 14.3 Å². The number of carbonyl (C=O) groups is 1. The highest BCUT2D eigenvalue weighted by molar-refractivity contribution is 7.89. The van der Waals surface area contributed by atoms with Crippen molar-refractivity contribution in [3.63, 3.8) is 0 Å². The van der Waals surface area contributed by atoms with Crippen LogP contribution in [0.15, 0.2) is 58.5 Å². The molecule has 2 rings (SSSR count). The second-order valence-electron chi connectivity index (χ2n) is 5.88. The molecule has 1 amide bonds. The molecule has 0 radical (unpaired) electrons. The molecule has 0 saturated heterocycles. The fourth-order valence-corrected chi connectivity index (χ4v) is 2.90. The predicted octanol–water partition coefficient (Wildman–Crippen LogP) is 1.86. The van der Waals surface area contributed by atoms with Crippen molar-refractivity contribution in [2.45, 2.75) is 11.8 Å². The van der Waals surface area contributed by atoms with Gasteiger partial charge in [-0.2, -0.15) is 13.5 Å². The van der Waals surface area contributed by atoms with Gasteiger partial charge in [0.05, 0.1) is 17.7 Å². The van der Waals surface area contributed by atoms with Gasteiger partial charge in [0.15, 0.2) is 18.1 Å². The number of rotatable bonds is 9. The molecule has 0 unspecified atom stereocenters. The second kappa shape index (κ2) is 9.75. The Labute approximate surface area is 164 Å². The summed E-state index contributed by atoms with van der Waals surface area (Å²) in [5.41, 5.74) is 0.602. The minimum absolute atomic E-state index is 0.114. The number of amides is 1. The zero-order chi connectivity index (χ0) is 20.6. The summed E-state index contributed by atoms with van der Waals surface area (Å²) < 4.78 is 35.3. The minimum atomic E-state index is -3.73. The standard InChI is InChI=1S/C19H23N3O5S/c1-4-26-18-12-15(10-11-17(18)27-14-19(23)22(2)3)13-20-21-28(24,25)16-8-6-5-7-9-16/h5-13,21H,4,14H2,1-3H3/b20-13-. The Morgan fingerprint density at radius 1 is 1.11 bits per heavy atom. The van der Waals surface area contributed by atoms with Crippen LogP contribution in [0, 0.1) is 0 Å². The Hall–Kier alpha value is -3.07. The lowest BCUT2D eigenvalue weighted by atomic mass is 10.2. The van der Waals surface area contributed by atoms with Gasteiger partial charge in [0, 0.05) is 14.1 Å². The third-order valence-corrected chi connectivity index (χ3v) is 4.80. The van der Waals surface area contributed by atoms with Gasteiger partial charge in [-0.05, 0) is 42.8 Å². The van der Waals surface area contributed by atoms with E-state index < -0.39 is 10.0 Å². The predicted molar refractivity (Wildman–Crippen MR) is 106 cm³/mol. The third-order valence-electron chi connectivity index (χ3n) is 3.56. The molecular weight excluding hydrogens is 382 g/mol. The molecule has 0 heterocycles. The summed E-state index contributed by atoms with van der Waals surface area (Å²) in [5, 5.41) is 3.80. The molecule has 0 aromatic heterocycles. The molecule has 1 N–H and O–H groups in total. The van der Waals surface area contributed by atoms with Gasteiger partial charge in [0.2, 0.25) is 0 Å². The van der Waals surface area contributed by atoms with Crippen LogP contribution in [-0.4, -0.2) is 52.7 Å². The average Bonchev–Trinajstić information content (AvgIpc) is 2.68. The number of hydrogen-bond acceptors (Lipinski definition) is 6. The molecule has 2 aromatic rings. The SMILES string of the molecule is CCOc1cc(/C=N\NS(=O)(=O)c2ccccc2)ccc1OCC(=O)N(C)C. The lowest BCUT2D eigenvalue weighted by Crippen LogP contribution is -2.27. The van der Waals surface area contributed by atoms with Gasteiger partial charge in [-0.25, -0.2) is 4.83 Å². The molecule has 0 fully saturated rings. The van der Waals surface area contributed by atoms with E-state index in [1.165, 1.54) is 23.2 Å². The summed E-state index contributed by atoms with van der Waals surface area (Å²) in [5.74, 6) is 0.673. The lowest BCUT2D eigenvalue weighted by molar-refractivity contribution is -0.130. The fourth-order valence-electron chi connectivity index (χ4n) is 2.08. The zero-order valence-corrected chi connectivity index (χ0v) is 16.8. The number of hydrazone groups is 1. The molecule has 0 saturated carbocycles. The molecule has 0 aliphatic carbocycles. The summed E-state index contributed by atoms with van der Waals surface area (Å²) in [6.07, 6.45) is 1.36. The van der Waals surface area contributed by atoms with Crippen molar-refractivity contribution >= 4 is 22.1 Å². The van der Waals surface area contributed by atoms with Crippen LogP contribution in [0.25, 0.3) is 0 Å². The maximum Gasteiger partial charge on any atom is 0.276 e. The van der Waals surface area contributed by atoms with Gasteiger partial charge in [0.25, 0.3) is 15.9 Å². The molecule has 0 aliphatic heterocycles. The normalized spacial score (nSPS) is 11.2. The Morgan fingerprint density at radius 2 is 1.82 bits per heavy atom. The molecular formula is C19H23N3O5S. The van der Waals surface area contributed by atoms with E-state index in [0.29, 0.717) is 23.7 Å². The van der Waals surface area contributed by atoms with E-state index in [0.717, 1.165) is 0 Å². The molecule has 150 valence electrons. The van der Waals surface area contributed by atoms with Gasteiger partial charge in [-0.1, -0.05) is 18.2 Å². The monoisotopic (exact) mass is 405 g/mol. The average molecular weight is 405 g/mol. The van der Waals surface area contributed by atoms with Crippen molar-refractivity contribution in [2.24, 2.45) is 5.10 Å². The maximum absolute atomic E-state index is 12.1. The smallest absolute Gasteiger partial charge is 0.276 e. The van der Waals surface area contributed by atoms with E-state index in [1.807, 2.05) is 6.92 Å². The second-order valence-corrected chi connectivity index (χ2v) is 7.54. The number of benzene rings is 2. The number of nitrogens with one attached hydrogen (secondary N) is 1. The van der Waals surface area contributed by atoms with Gasteiger partial charge in [-0.3, -0.25) is 4.79 Å². The third kappa shape index (κ3) is 5.98. The quantitative estimate of drug-likeness (QED) is 0.507. The molecule has 0 aliphatic rings. The Bertz CT molecular complexity index is 928. The van der Waals surface area contributed by atoms with Crippen LogP contribution in [0.4, 0.5) is 0 Å². The van der Waals surface area contributed by atoms with Gasteiger partial charge in [0.1, 0.15) is 0 Å². The number of nitrogens with zero attached hydrogens (tertiary/aromatic N) is 2. The van der Waals surface area contributed by atoms with E-state index in [9.17, 15) is 13.2 Å². The van der Waals surface area contributed by atoms with Crippen molar-refractivity contribution in [3.05, 3.63) is 54.1 Å². The lowest BCUT2D eigenvalue weighted by Gasteiger charge is -2.14. The van der Waals surface area contributed by atoms with Crippen LogP contribution in [0.2, 0.25) is 0 Å². The summed E-state index contributed by atoms with van der Waals surface area (Å²) in [4.78, 5) is 15.4. The first-order chi connectivity index (χ1) is 13.3. The van der Waals surface area contributed by atoms with E-state index >= 15 is 0 Å². The Kier molecular flexibility index (Phi) is 7.39. The largest absolute Gasteiger partial charge is 0.490 e. The van der Waals surface area contributed by atoms with Crippen LogP contribution in [0.3, 0.4) is 0 Å². The van der Waals surface area contributed by atoms with Gasteiger partial charge in [-0.15, -0.1) is 0 Å². The first kappa shape index (κ1) is 21.2. The topological polar surface area (TPSA) is 97.3 Å². The van der Waals surface area contributed by atoms with Crippen LogP contribution >= 0.6 is 0 Å². The number of sulfonamides is 1. The minimum Gasteiger partial charge on any atom is -0.490 e. The Balaban J connectivity index is 2.10. The summed E-state index contributed by atoms with van der Waals surface area (Å²) in [6.45, 7) is 2.11. The number of likely N-dealkylation sites (N-methyl/N-ethyl adjacent to an activating group) is 1. The molecule has 2 aromatic carbocycles. The summed E-state index contributed by atoms with van der Waals surface area (Å²) >= 11 is 0. The van der Waals surface area contributed by atoms with E-state index in [4.69, 9.17) is 9.47 Å². The number of carbonyl (C=O) groups excluding carboxylic acids is 1. The summed E-state index contributed by atoms with van der Waals surface area (Å²) in [7, 11) is -0.443. The molecule has 9 heteroatoms. The van der Waals surface area contributed by atoms with E-state index in [2.05, 4.69) is 9.93 Å². The highest BCUT2D eigenvalue weighted by Gasteiger charge is 2.12. The van der Waals surface area contributed by atoms with E-state index in [1.54, 1.807) is 50.5 Å². The van der Waals surface area contributed by atoms with Crippen molar-refractivity contribution in [2.75, 3.05) is 27.3 Å². The van der Waals surface area contributed by atoms with Crippen molar-refractivity contribution in [1.82, 2.24) is 9.73 Å². The van der Waals surface area contributed by atoms with Crippen LogP contribution in [-0.2, 0) is 14.8 Å². The molecule has 0 bridgehead atoms. The number of ether oxygens (including phenoxy) is 2. The first-order valence-electron chi connectivity index (χ1n) is 8.53. The summed E-state index contributed by atoms with van der Waals surface area (Å²) in [6, 6.07) is 12.9. The van der Waals surface area contributed by atoms with Crippen molar-refractivity contribution in [1.29, 1.82) is 0 Å². The highest BCUT2D eigenvalue weighted by atomic mass is 32.2. The molecule has 0 spiro atoms. The van der Waals surface area contributed by atoms with Crippen LogP contribution in [0.1, 0.15) is 12.5 Å². The maximum atomic E-state index is 12.1. The molecule has 0 atom stereocenters. The van der Waals surface area contributed by atoms with Gasteiger partial charge >= 0.3 is 0 Å². The van der Waals surface area contributed by atoms with Crippen molar-refractivity contribution < 1.29 is 22.7 Å². The van der Waals surface area contributed by atoms with Crippen LogP contribution in [0.5, 0.6) is 11.5 Å². The fraction of sp³-hybridized carbons (Fsp3) is 0.263. The molecule has 28 heavy (non-hydrogen) atoms. The number of hydrogen-bond donors (Lipinski definition) is 1. The highest BCUT2D eigenvalue weighted by Crippen LogP contribution is 2.28.